The van der Waals surface area contributed by atoms with E-state index in [-0.39, 0.29) is 37.5 Å². The number of esters is 1. The maximum absolute atomic E-state index is 14.4. The quantitative estimate of drug-likeness (QED) is 0.262. The molecule has 36 heavy (non-hydrogen) atoms. The molecule has 1 aromatic rings. The summed E-state index contributed by atoms with van der Waals surface area (Å²) in [6.07, 6.45) is 5.17. The summed E-state index contributed by atoms with van der Waals surface area (Å²) in [5.74, 6) is -1.83. The van der Waals surface area contributed by atoms with Crippen LogP contribution in [0.2, 0.25) is 5.02 Å². The van der Waals surface area contributed by atoms with Gasteiger partial charge in [0.05, 0.1) is 23.2 Å². The van der Waals surface area contributed by atoms with Gasteiger partial charge in [-0.2, -0.15) is 0 Å². The molecule has 3 fully saturated rings. The molecule has 1 aromatic carbocycles. The molecule has 2 amide bonds. The van der Waals surface area contributed by atoms with Crippen LogP contribution in [0.3, 0.4) is 0 Å². The SMILES string of the molecule is C=CCN(C(=O)C1N(CCCCCO)C(=O)[C@@H]2[C@@H](C(=O)OCC)[C@@]3(C)CCC12S3)c1ccc(Cl)cc1. The molecule has 0 radical (unpaired) electrons. The van der Waals surface area contributed by atoms with Crippen molar-refractivity contribution in [2.24, 2.45) is 11.8 Å². The van der Waals surface area contributed by atoms with Crippen molar-refractivity contribution in [1.29, 1.82) is 0 Å². The summed E-state index contributed by atoms with van der Waals surface area (Å²) in [7, 11) is 0. The molecule has 0 aromatic heterocycles. The van der Waals surface area contributed by atoms with Gasteiger partial charge in [-0.3, -0.25) is 14.4 Å². The summed E-state index contributed by atoms with van der Waals surface area (Å²) in [5.41, 5.74) is 0.683. The maximum atomic E-state index is 14.4. The van der Waals surface area contributed by atoms with Gasteiger partial charge in [-0.1, -0.05) is 17.7 Å². The second-order valence-corrected chi connectivity index (χ2v) is 12.3. The number of rotatable bonds is 11. The van der Waals surface area contributed by atoms with E-state index >= 15 is 0 Å². The van der Waals surface area contributed by atoms with E-state index in [9.17, 15) is 19.5 Å². The van der Waals surface area contributed by atoms with Crippen molar-refractivity contribution in [3.63, 3.8) is 0 Å². The van der Waals surface area contributed by atoms with Crippen molar-refractivity contribution < 1.29 is 24.2 Å². The second kappa shape index (κ2) is 10.8. The van der Waals surface area contributed by atoms with Gasteiger partial charge in [0, 0.05) is 35.2 Å². The number of fused-ring (bicyclic) bond motifs is 1. The minimum Gasteiger partial charge on any atom is -0.466 e. The molecule has 3 aliphatic rings. The Morgan fingerprint density at radius 1 is 1.28 bits per heavy atom. The van der Waals surface area contributed by atoms with Crippen LogP contribution in [0.25, 0.3) is 0 Å². The predicted octanol–water partition coefficient (Wildman–Crippen LogP) is 4.07. The minimum absolute atomic E-state index is 0.0890. The fraction of sp³-hybridized carbons (Fsp3) is 0.593. The molecule has 3 aliphatic heterocycles. The average Bonchev–Trinajstić information content (AvgIpc) is 3.41. The van der Waals surface area contributed by atoms with Crippen molar-refractivity contribution in [1.82, 2.24) is 4.90 Å². The lowest BCUT2D eigenvalue weighted by atomic mass is 9.66. The first kappa shape index (κ1) is 27.0. The number of aliphatic hydroxyl groups excluding tert-OH is 1. The number of aliphatic hydroxyl groups is 1. The Kier molecular flexibility index (Phi) is 8.07. The highest BCUT2D eigenvalue weighted by atomic mass is 35.5. The molecule has 1 N–H and O–H groups in total. The smallest absolute Gasteiger partial charge is 0.311 e. The van der Waals surface area contributed by atoms with Crippen LogP contribution in [0.4, 0.5) is 5.69 Å². The second-order valence-electron chi connectivity index (χ2n) is 10.0. The van der Waals surface area contributed by atoms with Gasteiger partial charge in [0.15, 0.2) is 0 Å². The van der Waals surface area contributed by atoms with Crippen LogP contribution in [0, 0.1) is 11.8 Å². The molecule has 0 saturated carbocycles. The first-order valence-corrected chi connectivity index (χ1v) is 13.9. The van der Waals surface area contributed by atoms with Gasteiger partial charge < -0.3 is 19.6 Å². The largest absolute Gasteiger partial charge is 0.466 e. The van der Waals surface area contributed by atoms with Gasteiger partial charge in [-0.15, -0.1) is 18.3 Å². The van der Waals surface area contributed by atoms with Crippen molar-refractivity contribution >= 4 is 46.8 Å². The molecule has 4 rings (SSSR count). The standard InChI is InChI=1S/C27H35ClN2O5S/c1-4-15-29(19-11-9-18(28)10-12-19)24(33)22-27-14-13-26(3,36-27)21(25(34)35-5-2)20(27)23(32)30(22)16-7-6-8-17-31/h4,9-12,20-22,31H,1,5-8,13-17H2,2-3H3/t20-,21-,22?,26+,27?/m0/s1. The first-order valence-electron chi connectivity index (χ1n) is 12.7. The highest BCUT2D eigenvalue weighted by Gasteiger charge is 2.77. The average molecular weight is 535 g/mol. The number of likely N-dealkylation sites (tertiary alicyclic amines) is 1. The third kappa shape index (κ3) is 4.45. The summed E-state index contributed by atoms with van der Waals surface area (Å²) in [4.78, 5) is 44.9. The zero-order valence-electron chi connectivity index (χ0n) is 21.0. The number of unbranched alkanes of at least 4 members (excludes halogenated alkanes) is 2. The number of anilines is 1. The highest BCUT2D eigenvalue weighted by molar-refractivity contribution is 8.02. The van der Waals surface area contributed by atoms with Gasteiger partial charge in [-0.25, -0.2) is 0 Å². The number of ether oxygens (including phenoxy) is 1. The molecule has 2 bridgehead atoms. The number of thioether (sulfide) groups is 1. The number of hydrogen-bond acceptors (Lipinski definition) is 6. The number of amides is 2. The Balaban J connectivity index is 1.75. The molecular formula is C27H35ClN2O5S. The summed E-state index contributed by atoms with van der Waals surface area (Å²) < 4.78 is 4.30. The lowest BCUT2D eigenvalue weighted by molar-refractivity contribution is -0.155. The Hall–Kier alpha value is -2.03. The van der Waals surface area contributed by atoms with Crippen molar-refractivity contribution in [2.75, 3.05) is 31.2 Å². The topological polar surface area (TPSA) is 87.2 Å². The molecular weight excluding hydrogens is 500 g/mol. The molecule has 3 saturated heterocycles. The number of benzene rings is 1. The molecule has 2 unspecified atom stereocenters. The Bertz CT molecular complexity index is 1020. The summed E-state index contributed by atoms with van der Waals surface area (Å²) >= 11 is 7.73. The number of halogens is 1. The number of hydrogen-bond donors (Lipinski definition) is 1. The van der Waals surface area contributed by atoms with E-state index in [4.69, 9.17) is 16.3 Å². The zero-order chi connectivity index (χ0) is 26.1. The number of carbonyl (C=O) groups excluding carboxylic acids is 3. The van der Waals surface area contributed by atoms with Crippen molar-refractivity contribution in [3.8, 4) is 0 Å². The molecule has 0 aliphatic carbocycles. The third-order valence-electron chi connectivity index (χ3n) is 7.82. The van der Waals surface area contributed by atoms with Crippen LogP contribution in [0.5, 0.6) is 0 Å². The molecule has 3 heterocycles. The Morgan fingerprint density at radius 2 is 2.00 bits per heavy atom. The van der Waals surface area contributed by atoms with Crippen LogP contribution in [0.1, 0.15) is 46.0 Å². The van der Waals surface area contributed by atoms with E-state index in [1.165, 1.54) is 0 Å². The van der Waals surface area contributed by atoms with Gasteiger partial charge in [0.1, 0.15) is 6.04 Å². The van der Waals surface area contributed by atoms with E-state index in [2.05, 4.69) is 6.58 Å². The maximum Gasteiger partial charge on any atom is 0.311 e. The lowest BCUT2D eigenvalue weighted by Gasteiger charge is -2.37. The predicted molar refractivity (Wildman–Crippen MR) is 142 cm³/mol. The Morgan fingerprint density at radius 3 is 2.64 bits per heavy atom. The van der Waals surface area contributed by atoms with Crippen molar-refractivity contribution in [3.05, 3.63) is 41.9 Å². The van der Waals surface area contributed by atoms with Crippen LogP contribution in [0.15, 0.2) is 36.9 Å². The van der Waals surface area contributed by atoms with E-state index < -0.39 is 27.4 Å². The van der Waals surface area contributed by atoms with Crippen LogP contribution in [-0.4, -0.2) is 69.6 Å². The van der Waals surface area contributed by atoms with Gasteiger partial charge >= 0.3 is 5.97 Å². The molecule has 7 nitrogen and oxygen atoms in total. The van der Waals surface area contributed by atoms with Crippen molar-refractivity contribution in [2.45, 2.75) is 61.5 Å². The highest BCUT2D eigenvalue weighted by Crippen LogP contribution is 2.71. The number of nitrogens with zero attached hydrogens (tertiary/aromatic N) is 2. The summed E-state index contributed by atoms with van der Waals surface area (Å²) in [6.45, 7) is 8.68. The van der Waals surface area contributed by atoms with E-state index in [0.29, 0.717) is 36.5 Å². The molecule has 196 valence electrons. The first-order chi connectivity index (χ1) is 17.2. The van der Waals surface area contributed by atoms with E-state index in [0.717, 1.165) is 12.8 Å². The monoisotopic (exact) mass is 534 g/mol. The minimum atomic E-state index is -0.703. The molecule has 1 spiro atoms. The summed E-state index contributed by atoms with van der Waals surface area (Å²) in [5, 5.41) is 9.77. The third-order valence-corrected chi connectivity index (χ3v) is 10.1. The molecule has 5 atom stereocenters. The zero-order valence-corrected chi connectivity index (χ0v) is 22.5. The van der Waals surface area contributed by atoms with Crippen LogP contribution in [-0.2, 0) is 19.1 Å². The Labute approximate surface area is 222 Å². The van der Waals surface area contributed by atoms with E-state index in [1.54, 1.807) is 58.8 Å². The van der Waals surface area contributed by atoms with Gasteiger partial charge in [0.25, 0.3) is 5.91 Å². The molecule has 9 heteroatoms. The van der Waals surface area contributed by atoms with Crippen LogP contribution < -0.4 is 4.90 Å². The lowest BCUT2D eigenvalue weighted by Crippen LogP contribution is -2.55. The van der Waals surface area contributed by atoms with E-state index in [1.807, 2.05) is 6.92 Å². The van der Waals surface area contributed by atoms with Gasteiger partial charge in [-0.05, 0) is 70.2 Å². The van der Waals surface area contributed by atoms with Gasteiger partial charge in [0.2, 0.25) is 5.91 Å². The normalized spacial score (nSPS) is 30.4. The fourth-order valence-electron chi connectivity index (χ4n) is 6.33. The number of carbonyl (C=O) groups is 3. The fourth-order valence-corrected chi connectivity index (χ4v) is 8.79. The summed E-state index contributed by atoms with van der Waals surface area (Å²) in [6, 6.07) is 6.36. The van der Waals surface area contributed by atoms with Crippen LogP contribution >= 0.6 is 23.4 Å².